The van der Waals surface area contributed by atoms with Crippen LogP contribution >= 0.6 is 0 Å². The Balaban J connectivity index is 2.91. The highest BCUT2D eigenvalue weighted by Gasteiger charge is 1.93. The maximum Gasteiger partial charge on any atom is 0.0381 e. The van der Waals surface area contributed by atoms with Crippen LogP contribution in [0.3, 0.4) is 0 Å². The summed E-state index contributed by atoms with van der Waals surface area (Å²) >= 11 is 0. The molecule has 1 aromatic rings. The van der Waals surface area contributed by atoms with Gasteiger partial charge in [0.1, 0.15) is 0 Å². The van der Waals surface area contributed by atoms with Crippen LogP contribution in [0.15, 0.2) is 24.3 Å². The molecule has 0 spiro atoms. The summed E-state index contributed by atoms with van der Waals surface area (Å²) in [4.78, 5) is 2.08. The van der Waals surface area contributed by atoms with Gasteiger partial charge in [-0.2, -0.15) is 0 Å². The number of anilines is 2. The van der Waals surface area contributed by atoms with Crippen LogP contribution in [0.25, 0.3) is 0 Å². The van der Waals surface area contributed by atoms with Gasteiger partial charge in [-0.3, -0.25) is 0 Å². The summed E-state index contributed by atoms with van der Waals surface area (Å²) in [6.45, 7) is 0. The molecule has 0 radical (unpaired) electrons. The van der Waals surface area contributed by atoms with E-state index in [1.807, 2.05) is 33.3 Å². The monoisotopic (exact) mass is 150 g/mol. The minimum atomic E-state index is 1.15. The summed E-state index contributed by atoms with van der Waals surface area (Å²) in [5.74, 6) is 0. The highest BCUT2D eigenvalue weighted by Crippen LogP contribution is 2.16. The van der Waals surface area contributed by atoms with E-state index >= 15 is 0 Å². The molecule has 2 nitrogen and oxygen atoms in total. The standard InChI is InChI=1S/C9H14N2/c1-10-8-5-4-6-9(7-8)11(2)3/h4-7,10H,1-3H3. The SMILES string of the molecule is CNc1cccc(N(C)C)c1. The van der Waals surface area contributed by atoms with Crippen LogP contribution in [0, 0.1) is 0 Å². The highest BCUT2D eigenvalue weighted by molar-refractivity contribution is 5.56. The van der Waals surface area contributed by atoms with Gasteiger partial charge in [0.05, 0.1) is 0 Å². The summed E-state index contributed by atoms with van der Waals surface area (Å²) in [5.41, 5.74) is 2.37. The molecule has 0 fully saturated rings. The van der Waals surface area contributed by atoms with Crippen LogP contribution in [0.4, 0.5) is 11.4 Å². The summed E-state index contributed by atoms with van der Waals surface area (Å²) in [6, 6.07) is 8.29. The Kier molecular flexibility index (Phi) is 2.36. The molecule has 1 N–H and O–H groups in total. The second-order valence-electron chi connectivity index (χ2n) is 2.69. The quantitative estimate of drug-likeness (QED) is 0.691. The van der Waals surface area contributed by atoms with Crippen molar-refractivity contribution in [1.29, 1.82) is 0 Å². The molecule has 0 unspecified atom stereocenters. The molecule has 0 aliphatic heterocycles. The van der Waals surface area contributed by atoms with Gasteiger partial charge in [0.15, 0.2) is 0 Å². The minimum Gasteiger partial charge on any atom is -0.388 e. The molecule has 0 heterocycles. The summed E-state index contributed by atoms with van der Waals surface area (Å²) < 4.78 is 0. The molecule has 0 atom stereocenters. The largest absolute Gasteiger partial charge is 0.388 e. The first-order valence-electron chi connectivity index (χ1n) is 3.69. The first-order valence-corrected chi connectivity index (χ1v) is 3.69. The molecule has 0 aromatic heterocycles. The van der Waals surface area contributed by atoms with Gasteiger partial charge >= 0.3 is 0 Å². The number of rotatable bonds is 2. The smallest absolute Gasteiger partial charge is 0.0381 e. The average molecular weight is 150 g/mol. The van der Waals surface area contributed by atoms with Crippen LogP contribution < -0.4 is 10.2 Å². The number of hydrogen-bond donors (Lipinski definition) is 1. The van der Waals surface area contributed by atoms with Crippen LogP contribution in [-0.4, -0.2) is 21.1 Å². The first kappa shape index (κ1) is 7.92. The van der Waals surface area contributed by atoms with Gasteiger partial charge in [-0.25, -0.2) is 0 Å². The van der Waals surface area contributed by atoms with Gasteiger partial charge in [-0.05, 0) is 18.2 Å². The number of hydrogen-bond acceptors (Lipinski definition) is 2. The third kappa shape index (κ3) is 1.87. The van der Waals surface area contributed by atoms with Crippen molar-refractivity contribution in [3.05, 3.63) is 24.3 Å². The van der Waals surface area contributed by atoms with Crippen molar-refractivity contribution in [1.82, 2.24) is 0 Å². The lowest BCUT2D eigenvalue weighted by Crippen LogP contribution is -2.08. The van der Waals surface area contributed by atoms with Crippen LogP contribution in [0.5, 0.6) is 0 Å². The molecule has 1 aromatic carbocycles. The van der Waals surface area contributed by atoms with E-state index in [1.165, 1.54) is 5.69 Å². The van der Waals surface area contributed by atoms with E-state index in [0.29, 0.717) is 0 Å². The van der Waals surface area contributed by atoms with Gasteiger partial charge in [-0.15, -0.1) is 0 Å². The van der Waals surface area contributed by atoms with E-state index in [0.717, 1.165) is 5.69 Å². The molecule has 11 heavy (non-hydrogen) atoms. The second kappa shape index (κ2) is 3.28. The Labute approximate surface area is 67.8 Å². The second-order valence-corrected chi connectivity index (χ2v) is 2.69. The first-order chi connectivity index (χ1) is 5.24. The van der Waals surface area contributed by atoms with E-state index in [1.54, 1.807) is 0 Å². The predicted molar refractivity (Wildman–Crippen MR) is 50.3 cm³/mol. The molecule has 0 aliphatic carbocycles. The van der Waals surface area contributed by atoms with E-state index in [9.17, 15) is 0 Å². The van der Waals surface area contributed by atoms with Crippen LogP contribution in [-0.2, 0) is 0 Å². The Morgan fingerprint density at radius 2 is 2.00 bits per heavy atom. The van der Waals surface area contributed by atoms with Crippen LogP contribution in [0.1, 0.15) is 0 Å². The van der Waals surface area contributed by atoms with Gasteiger partial charge in [0.25, 0.3) is 0 Å². The van der Waals surface area contributed by atoms with Crippen molar-refractivity contribution in [3.8, 4) is 0 Å². The molecular weight excluding hydrogens is 136 g/mol. The lowest BCUT2D eigenvalue weighted by molar-refractivity contribution is 1.13. The van der Waals surface area contributed by atoms with Gasteiger partial charge in [-0.1, -0.05) is 6.07 Å². The lowest BCUT2D eigenvalue weighted by Gasteiger charge is -2.13. The zero-order valence-electron chi connectivity index (χ0n) is 7.26. The van der Waals surface area contributed by atoms with Crippen molar-refractivity contribution in [2.75, 3.05) is 31.4 Å². The highest BCUT2D eigenvalue weighted by atomic mass is 15.1. The zero-order valence-corrected chi connectivity index (χ0v) is 7.26. The summed E-state index contributed by atoms with van der Waals surface area (Å²) in [5, 5.41) is 3.10. The van der Waals surface area contributed by atoms with Crippen molar-refractivity contribution >= 4 is 11.4 Å². The number of nitrogens with one attached hydrogen (secondary N) is 1. The van der Waals surface area contributed by atoms with E-state index in [2.05, 4.69) is 22.3 Å². The number of benzene rings is 1. The Morgan fingerprint density at radius 3 is 2.55 bits per heavy atom. The molecule has 60 valence electrons. The Bertz CT molecular complexity index is 231. The van der Waals surface area contributed by atoms with Crippen molar-refractivity contribution in [2.24, 2.45) is 0 Å². The van der Waals surface area contributed by atoms with Crippen molar-refractivity contribution < 1.29 is 0 Å². The molecular formula is C9H14N2. The molecule has 0 amide bonds. The minimum absolute atomic E-state index is 1.15. The lowest BCUT2D eigenvalue weighted by atomic mass is 10.2. The number of nitrogens with zero attached hydrogens (tertiary/aromatic N) is 1. The van der Waals surface area contributed by atoms with E-state index in [-0.39, 0.29) is 0 Å². The fraction of sp³-hybridized carbons (Fsp3) is 0.333. The predicted octanol–water partition coefficient (Wildman–Crippen LogP) is 1.79. The molecule has 2 heteroatoms. The fourth-order valence-electron chi connectivity index (χ4n) is 0.940. The Morgan fingerprint density at radius 1 is 1.27 bits per heavy atom. The average Bonchev–Trinajstić information content (AvgIpc) is 2.05. The fourth-order valence-corrected chi connectivity index (χ4v) is 0.940. The molecule has 0 saturated heterocycles. The van der Waals surface area contributed by atoms with Crippen molar-refractivity contribution in [2.45, 2.75) is 0 Å². The molecule has 1 rings (SSSR count). The summed E-state index contributed by atoms with van der Waals surface area (Å²) in [7, 11) is 6.00. The van der Waals surface area contributed by atoms with Gasteiger partial charge in [0.2, 0.25) is 0 Å². The summed E-state index contributed by atoms with van der Waals surface area (Å²) in [6.07, 6.45) is 0. The zero-order chi connectivity index (χ0) is 8.27. The normalized spacial score (nSPS) is 9.36. The molecule has 0 saturated carbocycles. The van der Waals surface area contributed by atoms with Gasteiger partial charge in [0, 0.05) is 32.5 Å². The maximum absolute atomic E-state index is 3.10. The topological polar surface area (TPSA) is 15.3 Å². The molecule has 0 bridgehead atoms. The van der Waals surface area contributed by atoms with Crippen molar-refractivity contribution in [3.63, 3.8) is 0 Å². The Hall–Kier alpha value is -1.18. The molecule has 0 aliphatic rings. The van der Waals surface area contributed by atoms with Gasteiger partial charge < -0.3 is 10.2 Å². The van der Waals surface area contributed by atoms with E-state index in [4.69, 9.17) is 0 Å². The maximum atomic E-state index is 3.10. The van der Waals surface area contributed by atoms with Crippen LogP contribution in [0.2, 0.25) is 0 Å². The third-order valence-electron chi connectivity index (χ3n) is 1.65. The third-order valence-corrected chi connectivity index (χ3v) is 1.65. The van der Waals surface area contributed by atoms with E-state index < -0.39 is 0 Å².